The fraction of sp³-hybridized carbons (Fsp3) is 0.253. The summed E-state index contributed by atoms with van der Waals surface area (Å²) in [6.45, 7) is 8.02. The quantitative estimate of drug-likeness (QED) is 0.0240. The van der Waals surface area contributed by atoms with Crippen molar-refractivity contribution >= 4 is 45.6 Å². The molecule has 113 heavy (non-hydrogen) atoms. The predicted molar refractivity (Wildman–Crippen MR) is 437 cm³/mol. The highest BCUT2D eigenvalue weighted by atomic mass is 19.1. The number of halogens is 1. The molecule has 0 radical (unpaired) electrons. The van der Waals surface area contributed by atoms with Crippen molar-refractivity contribution in [3.8, 4) is 22.8 Å². The third-order valence-electron chi connectivity index (χ3n) is 20.4. The van der Waals surface area contributed by atoms with Gasteiger partial charge in [0.05, 0.1) is 65.8 Å². The maximum atomic E-state index is 14.9. The fourth-order valence-electron chi connectivity index (χ4n) is 13.9. The Morgan fingerprint density at radius 1 is 0.513 bits per heavy atom. The van der Waals surface area contributed by atoms with E-state index in [0.717, 1.165) is 97.5 Å². The third-order valence-corrected chi connectivity index (χ3v) is 20.4. The van der Waals surface area contributed by atoms with Gasteiger partial charge in [0.1, 0.15) is 46.5 Å². The van der Waals surface area contributed by atoms with Gasteiger partial charge in [-0.1, -0.05) is 122 Å². The molecule has 3 atom stereocenters. The van der Waals surface area contributed by atoms with Crippen LogP contribution in [0, 0.1) is 44.3 Å². The van der Waals surface area contributed by atoms with Gasteiger partial charge in [0.15, 0.2) is 0 Å². The van der Waals surface area contributed by atoms with Crippen molar-refractivity contribution in [1.82, 2.24) is 39.3 Å². The Morgan fingerprint density at radius 2 is 1.03 bits per heavy atom. The number of methoxy groups -OCH3 is 1. The first kappa shape index (κ1) is 77.6. The smallest absolute Gasteiger partial charge is 0.274 e. The van der Waals surface area contributed by atoms with Crippen LogP contribution in [0.5, 0.6) is 5.75 Å². The number of rotatable bonds is 28. The first-order valence-corrected chi connectivity index (χ1v) is 38.4. The summed E-state index contributed by atoms with van der Waals surface area (Å²) < 4.78 is 38.4. The maximum Gasteiger partial charge on any atom is 0.274 e. The zero-order valence-corrected chi connectivity index (χ0v) is 63.8. The first-order valence-electron chi connectivity index (χ1n) is 38.4. The van der Waals surface area contributed by atoms with Gasteiger partial charge in [0.2, 0.25) is 0 Å². The Bertz CT molecular complexity index is 5500. The number of ether oxygens (including phenoxy) is 3. The van der Waals surface area contributed by atoms with Crippen molar-refractivity contribution in [2.24, 2.45) is 35.0 Å². The molecule has 13 aromatic rings. The van der Waals surface area contributed by atoms with Crippen LogP contribution >= 0.6 is 0 Å². The molecule has 21 nitrogen and oxygen atoms in total. The fourth-order valence-corrected chi connectivity index (χ4v) is 13.9. The van der Waals surface area contributed by atoms with Crippen LogP contribution in [0.2, 0.25) is 0 Å². The second-order valence-electron chi connectivity index (χ2n) is 29.2. The minimum absolute atomic E-state index is 0.0718. The lowest BCUT2D eigenvalue weighted by molar-refractivity contribution is 0.0625. The Kier molecular flexibility index (Phi) is 24.3. The molecule has 0 aliphatic heterocycles. The first-order chi connectivity index (χ1) is 55.0. The molecule has 3 aliphatic carbocycles. The SMILES string of the molecule is COc1ccc2ccccc2c1C(OCC1CC1)c1cccc(NC(=O)c2cc(C)nn2-c2cccc(CN)c2)c1.Cc1cc(C(=O)Nc2cc(C(OCC3CC3)c3cccnc3)ccc2F)n(-c2cccc(CN)c2)n1.Cc1cc(C(=O)Nc2cccc(C(O)(CCC3CC3)c3ccccn3)c2)n(-c2cccc(CN)c2)n1. The Labute approximate surface area is 656 Å². The van der Waals surface area contributed by atoms with E-state index < -0.39 is 23.4 Å². The zero-order valence-electron chi connectivity index (χ0n) is 63.8. The van der Waals surface area contributed by atoms with E-state index in [1.54, 1.807) is 77.0 Å². The van der Waals surface area contributed by atoms with Gasteiger partial charge < -0.3 is 52.5 Å². The number of hydrogen-bond acceptors (Lipinski definition) is 15. The molecule has 3 saturated carbocycles. The lowest BCUT2D eigenvalue weighted by Crippen LogP contribution is -2.29. The van der Waals surface area contributed by atoms with Gasteiger partial charge in [0, 0.05) is 60.7 Å². The van der Waals surface area contributed by atoms with Crippen molar-refractivity contribution in [2.75, 3.05) is 36.3 Å². The number of anilines is 3. The molecule has 10 N–H and O–H groups in total. The summed E-state index contributed by atoms with van der Waals surface area (Å²) >= 11 is 0. The Balaban J connectivity index is 0.000000141. The van der Waals surface area contributed by atoms with E-state index >= 15 is 0 Å². The van der Waals surface area contributed by atoms with Crippen LogP contribution in [0.25, 0.3) is 27.8 Å². The number of amides is 3. The van der Waals surface area contributed by atoms with Crippen LogP contribution in [-0.4, -0.2) is 82.5 Å². The molecular weight excluding hydrogens is 1420 g/mol. The monoisotopic (exact) mass is 1510 g/mol. The molecule has 5 heterocycles. The molecule has 3 unspecified atom stereocenters. The molecule has 3 aliphatic rings. The number of aliphatic hydroxyl groups is 1. The number of pyridine rings is 2. The van der Waals surface area contributed by atoms with E-state index in [1.165, 1.54) is 31.7 Å². The number of nitrogens with two attached hydrogens (primary N) is 3. The van der Waals surface area contributed by atoms with Gasteiger partial charge in [-0.15, -0.1) is 0 Å². The largest absolute Gasteiger partial charge is 0.496 e. The van der Waals surface area contributed by atoms with Gasteiger partial charge >= 0.3 is 0 Å². The molecule has 8 aromatic carbocycles. The van der Waals surface area contributed by atoms with Gasteiger partial charge in [-0.2, -0.15) is 15.3 Å². The standard InChI is InChI=1S/C34H34N4O3.C29H31N5O2.C28H28FN5O2/c1-22-17-30(38(37-22)28-11-5-7-24(18-28)20-35)34(39)36-27-10-6-9-26(19-27)33(41-21-23-13-14-23)32-29-12-4-3-8-25(29)15-16-31(32)40-2;1-20-16-26(34(33-20)25-9-4-6-22(17-25)19-30)28(35)32-24-8-5-7-23(18-24)29(36,14-13-21-11-12-21)27-10-2-3-15-31-27;1-18-12-26(34(33-18)23-6-2-4-20(13-23)15-30)28(35)32-25-14-21(9-10-24(25)29)27(36-17-19-7-8-19)22-5-3-11-31-16-22/h3-12,15-19,23,33H,13-14,20-21,35H2,1-2H3,(H,36,39);2-10,15-18,21,36H,11-14,19,30H2,1H3,(H,32,35);2-6,9-14,16,19,27H,7-8,15,17,30H2,1H3,(H,32,35). The molecule has 22 heteroatoms. The lowest BCUT2D eigenvalue weighted by Gasteiger charge is -2.29. The van der Waals surface area contributed by atoms with Crippen LogP contribution < -0.4 is 37.9 Å². The topological polar surface area (TPSA) is 293 Å². The summed E-state index contributed by atoms with van der Waals surface area (Å²) in [4.78, 5) is 48.9. The van der Waals surface area contributed by atoms with E-state index in [9.17, 15) is 23.9 Å². The third kappa shape index (κ3) is 19.1. The second-order valence-corrected chi connectivity index (χ2v) is 29.2. The average Bonchev–Trinajstić information content (AvgIpc) is 1.77. The summed E-state index contributed by atoms with van der Waals surface area (Å²) in [5, 5.41) is 36.5. The average molecular weight is 1510 g/mol. The Morgan fingerprint density at radius 3 is 1.56 bits per heavy atom. The van der Waals surface area contributed by atoms with Crippen molar-refractivity contribution in [1.29, 1.82) is 0 Å². The summed E-state index contributed by atoms with van der Waals surface area (Å²) in [7, 11) is 1.69. The molecule has 0 saturated heterocycles. The Hall–Kier alpha value is -12.2. The van der Waals surface area contributed by atoms with E-state index in [0.29, 0.717) is 108 Å². The van der Waals surface area contributed by atoms with Crippen molar-refractivity contribution in [2.45, 2.75) is 110 Å². The highest BCUT2D eigenvalue weighted by Gasteiger charge is 2.36. The number of benzene rings is 8. The molecule has 0 spiro atoms. The molecule has 16 rings (SSSR count). The number of aromatic nitrogens is 8. The normalized spacial score (nSPS) is 14.2. The second kappa shape index (κ2) is 35.5. The maximum absolute atomic E-state index is 14.9. The highest BCUT2D eigenvalue weighted by molar-refractivity contribution is 6.05. The van der Waals surface area contributed by atoms with Crippen LogP contribution in [0.1, 0.15) is 162 Å². The van der Waals surface area contributed by atoms with Gasteiger partial charge in [-0.25, -0.2) is 18.4 Å². The number of carbonyl (C=O) groups excluding carboxylic acids is 3. The van der Waals surface area contributed by atoms with Crippen LogP contribution in [0.3, 0.4) is 0 Å². The molecule has 576 valence electrons. The molecular formula is C91H93FN14O7. The summed E-state index contributed by atoms with van der Waals surface area (Å²) in [5.41, 5.74) is 30.8. The van der Waals surface area contributed by atoms with Crippen molar-refractivity contribution in [3.63, 3.8) is 0 Å². The minimum atomic E-state index is -1.23. The van der Waals surface area contributed by atoms with Gasteiger partial charge in [0.25, 0.3) is 17.7 Å². The summed E-state index contributed by atoms with van der Waals surface area (Å²) in [6.07, 6.45) is 13.0. The lowest BCUT2D eigenvalue weighted by atomic mass is 9.84. The van der Waals surface area contributed by atoms with Crippen LogP contribution in [-0.2, 0) is 34.7 Å². The molecule has 5 aromatic heterocycles. The summed E-state index contributed by atoms with van der Waals surface area (Å²) in [6, 6.07) is 69.8. The predicted octanol–water partition coefficient (Wildman–Crippen LogP) is 16.2. The number of nitrogens with zero attached hydrogens (tertiary/aromatic N) is 8. The molecule has 0 bridgehead atoms. The van der Waals surface area contributed by atoms with E-state index in [-0.39, 0.29) is 23.6 Å². The minimum Gasteiger partial charge on any atom is -0.496 e. The number of fused-ring (bicyclic) bond motifs is 1. The van der Waals surface area contributed by atoms with Crippen molar-refractivity contribution < 1.29 is 38.1 Å². The zero-order chi connectivity index (χ0) is 78.5. The van der Waals surface area contributed by atoms with E-state index in [1.807, 2.05) is 184 Å². The van der Waals surface area contributed by atoms with E-state index in [2.05, 4.69) is 59.4 Å². The van der Waals surface area contributed by atoms with Crippen molar-refractivity contribution in [3.05, 3.63) is 333 Å². The van der Waals surface area contributed by atoms with Crippen LogP contribution in [0.15, 0.2) is 243 Å². The highest BCUT2D eigenvalue weighted by Crippen LogP contribution is 2.44. The number of hydrogen-bond donors (Lipinski definition) is 7. The van der Waals surface area contributed by atoms with Crippen LogP contribution in [0.4, 0.5) is 21.5 Å². The number of carbonyl (C=O) groups is 3. The molecule has 3 amide bonds. The van der Waals surface area contributed by atoms with E-state index in [4.69, 9.17) is 31.4 Å². The number of aryl methyl sites for hydroxylation is 3. The van der Waals surface area contributed by atoms with Gasteiger partial charge in [-0.05, 0) is 236 Å². The number of nitrogens with one attached hydrogen (secondary N) is 3. The molecule has 3 fully saturated rings. The van der Waals surface area contributed by atoms with Gasteiger partial charge in [-0.3, -0.25) is 24.4 Å². The summed E-state index contributed by atoms with van der Waals surface area (Å²) in [5.74, 6) is 1.05.